The van der Waals surface area contributed by atoms with Crippen LogP contribution in [-0.4, -0.2) is 59.7 Å². The average molecular weight is 457 g/mol. The average Bonchev–Trinajstić information content (AvgIpc) is 3.18. The molecular formula is C21H21F6N5. The second kappa shape index (κ2) is 7.23. The lowest BCUT2D eigenvalue weighted by Crippen LogP contribution is -2.56. The maximum Gasteiger partial charge on any atom is 0.417 e. The third-order valence-electron chi connectivity index (χ3n) is 6.37. The monoisotopic (exact) mass is 457 g/mol. The highest BCUT2D eigenvalue weighted by molar-refractivity contribution is 6.48. The molecule has 4 aliphatic heterocycles. The van der Waals surface area contributed by atoms with Crippen LogP contribution in [0.3, 0.4) is 0 Å². The molecule has 32 heavy (non-hydrogen) atoms. The third-order valence-corrected chi connectivity index (χ3v) is 6.37. The summed E-state index contributed by atoms with van der Waals surface area (Å²) in [4.78, 5) is 14.8. The van der Waals surface area contributed by atoms with Gasteiger partial charge >= 0.3 is 12.4 Å². The van der Waals surface area contributed by atoms with Crippen LogP contribution in [0.15, 0.2) is 34.4 Å². The van der Waals surface area contributed by atoms with Gasteiger partial charge in [0, 0.05) is 31.9 Å². The number of hydrogen-bond donors (Lipinski definition) is 0. The summed E-state index contributed by atoms with van der Waals surface area (Å²) in [5.41, 5.74) is -3.67. The van der Waals surface area contributed by atoms with E-state index < -0.39 is 23.5 Å². The number of anilines is 1. The van der Waals surface area contributed by atoms with Crippen molar-refractivity contribution in [2.24, 2.45) is 9.98 Å². The predicted molar refractivity (Wildman–Crippen MR) is 108 cm³/mol. The lowest BCUT2D eigenvalue weighted by Gasteiger charge is -2.42. The Labute approximate surface area is 180 Å². The highest BCUT2D eigenvalue weighted by Crippen LogP contribution is 2.47. The molecule has 1 aromatic carbocycles. The number of halogens is 6. The van der Waals surface area contributed by atoms with Crippen molar-refractivity contribution < 1.29 is 26.3 Å². The maximum absolute atomic E-state index is 13.5. The SMILES string of the molecule is CC1C=CN2C(=N1)C(N1CCN3CCCC3C1)=Nc1cc(C(F)(F)F)c(C(F)(F)F)cc12. The van der Waals surface area contributed by atoms with Crippen LogP contribution in [0.4, 0.5) is 37.7 Å². The van der Waals surface area contributed by atoms with Crippen molar-refractivity contribution in [2.45, 2.75) is 44.2 Å². The van der Waals surface area contributed by atoms with Crippen molar-refractivity contribution >= 4 is 23.0 Å². The summed E-state index contributed by atoms with van der Waals surface area (Å²) in [6.07, 6.45) is -4.94. The molecule has 4 aliphatic rings. The van der Waals surface area contributed by atoms with Gasteiger partial charge in [0.2, 0.25) is 0 Å². The predicted octanol–water partition coefficient (Wildman–Crippen LogP) is 4.67. The van der Waals surface area contributed by atoms with Crippen molar-refractivity contribution in [1.82, 2.24) is 9.80 Å². The fourth-order valence-corrected chi connectivity index (χ4v) is 4.83. The van der Waals surface area contributed by atoms with Crippen LogP contribution in [0, 0.1) is 0 Å². The summed E-state index contributed by atoms with van der Waals surface area (Å²) >= 11 is 0. The number of hydrogen-bond acceptors (Lipinski definition) is 5. The molecule has 1 aromatic rings. The zero-order valence-corrected chi connectivity index (χ0v) is 17.2. The van der Waals surface area contributed by atoms with Crippen LogP contribution >= 0.6 is 0 Å². The molecule has 11 heteroatoms. The summed E-state index contributed by atoms with van der Waals surface area (Å²) in [6.45, 7) is 4.94. The zero-order valence-electron chi connectivity index (χ0n) is 17.2. The Bertz CT molecular complexity index is 1020. The van der Waals surface area contributed by atoms with Gasteiger partial charge in [-0.15, -0.1) is 0 Å². The highest BCUT2D eigenvalue weighted by atomic mass is 19.4. The number of piperazine rings is 1. The molecule has 0 N–H and O–H groups in total. The first-order valence-electron chi connectivity index (χ1n) is 10.5. The van der Waals surface area contributed by atoms with E-state index in [2.05, 4.69) is 14.9 Å². The topological polar surface area (TPSA) is 34.4 Å². The Morgan fingerprint density at radius 2 is 1.66 bits per heavy atom. The zero-order chi connectivity index (χ0) is 22.8. The van der Waals surface area contributed by atoms with Gasteiger partial charge in [0.25, 0.3) is 0 Å². The first-order chi connectivity index (χ1) is 15.0. The van der Waals surface area contributed by atoms with Gasteiger partial charge in [-0.1, -0.05) is 0 Å². The molecule has 0 radical (unpaired) electrons. The fraction of sp³-hybridized carbons (Fsp3) is 0.524. The second-order valence-corrected chi connectivity index (χ2v) is 8.50. The molecule has 0 bridgehead atoms. The van der Waals surface area contributed by atoms with E-state index in [9.17, 15) is 26.3 Å². The van der Waals surface area contributed by atoms with Crippen LogP contribution in [-0.2, 0) is 12.4 Å². The van der Waals surface area contributed by atoms with Gasteiger partial charge in [-0.2, -0.15) is 26.3 Å². The summed E-state index contributed by atoms with van der Waals surface area (Å²) in [5.74, 6) is 0.778. The van der Waals surface area contributed by atoms with E-state index >= 15 is 0 Å². The Balaban J connectivity index is 1.65. The van der Waals surface area contributed by atoms with Gasteiger partial charge in [-0.05, 0) is 44.5 Å². The van der Waals surface area contributed by atoms with E-state index in [1.54, 1.807) is 12.3 Å². The molecule has 5 nitrogen and oxygen atoms in total. The molecule has 2 unspecified atom stereocenters. The summed E-state index contributed by atoms with van der Waals surface area (Å²) in [5, 5.41) is 0. The van der Waals surface area contributed by atoms with Crippen LogP contribution in [0.1, 0.15) is 30.9 Å². The molecule has 172 valence electrons. The normalized spacial score (nSPS) is 25.8. The number of nitrogens with zero attached hydrogens (tertiary/aromatic N) is 5. The Hall–Kier alpha value is -2.56. The number of benzene rings is 1. The van der Waals surface area contributed by atoms with Crippen molar-refractivity contribution in [2.75, 3.05) is 31.1 Å². The van der Waals surface area contributed by atoms with Crippen LogP contribution in [0.25, 0.3) is 0 Å². The number of aliphatic imine (C=N–C) groups is 2. The van der Waals surface area contributed by atoms with Crippen molar-refractivity contribution in [1.29, 1.82) is 0 Å². The number of alkyl halides is 6. The first kappa shape index (κ1) is 21.3. The summed E-state index contributed by atoms with van der Waals surface area (Å²) in [7, 11) is 0. The summed E-state index contributed by atoms with van der Waals surface area (Å²) in [6, 6.07) is 1.14. The molecule has 2 fully saturated rings. The third kappa shape index (κ3) is 3.56. The highest BCUT2D eigenvalue weighted by Gasteiger charge is 2.45. The quantitative estimate of drug-likeness (QED) is 0.532. The molecular weight excluding hydrogens is 436 g/mol. The van der Waals surface area contributed by atoms with Crippen molar-refractivity contribution in [3.05, 3.63) is 35.5 Å². The summed E-state index contributed by atoms with van der Waals surface area (Å²) < 4.78 is 81.1. The van der Waals surface area contributed by atoms with E-state index in [0.717, 1.165) is 25.9 Å². The Kier molecular flexibility index (Phi) is 4.81. The molecule has 2 atom stereocenters. The maximum atomic E-state index is 13.5. The molecule has 0 aromatic heterocycles. The van der Waals surface area contributed by atoms with Gasteiger partial charge in [0.15, 0.2) is 11.7 Å². The fourth-order valence-electron chi connectivity index (χ4n) is 4.83. The lowest BCUT2D eigenvalue weighted by atomic mass is 10.0. The molecule has 5 rings (SSSR count). The minimum Gasteiger partial charge on any atom is -0.351 e. The second-order valence-electron chi connectivity index (χ2n) is 8.50. The van der Waals surface area contributed by atoms with Gasteiger partial charge in [0.05, 0.1) is 28.5 Å². The number of amidine groups is 2. The van der Waals surface area contributed by atoms with Gasteiger partial charge < -0.3 is 4.90 Å². The largest absolute Gasteiger partial charge is 0.417 e. The minimum absolute atomic E-state index is 0.0597. The van der Waals surface area contributed by atoms with Gasteiger partial charge in [-0.3, -0.25) is 14.8 Å². The molecule has 2 saturated heterocycles. The molecule has 4 heterocycles. The molecule has 0 spiro atoms. The number of rotatable bonds is 0. The standard InChI is InChI=1S/C21H21F6N5/c1-12-4-6-32-17-10-15(21(25,26)27)14(20(22,23)24)9-16(17)29-18(19(32)28-12)31-8-7-30-5-2-3-13(30)11-31/h4,6,9-10,12-13H,2-3,5,7-8,11H2,1H3. The van der Waals surface area contributed by atoms with Crippen molar-refractivity contribution in [3.63, 3.8) is 0 Å². The van der Waals surface area contributed by atoms with Crippen molar-refractivity contribution in [3.8, 4) is 0 Å². The Morgan fingerprint density at radius 1 is 0.938 bits per heavy atom. The van der Waals surface area contributed by atoms with E-state index in [1.165, 1.54) is 4.90 Å². The first-order valence-corrected chi connectivity index (χ1v) is 10.5. The molecule has 0 aliphatic carbocycles. The smallest absolute Gasteiger partial charge is 0.351 e. The molecule has 0 saturated carbocycles. The number of fused-ring (bicyclic) bond motifs is 4. The van der Waals surface area contributed by atoms with Crippen LogP contribution in [0.2, 0.25) is 0 Å². The van der Waals surface area contributed by atoms with Gasteiger partial charge in [0.1, 0.15) is 0 Å². The van der Waals surface area contributed by atoms with E-state index in [1.807, 2.05) is 11.8 Å². The van der Waals surface area contributed by atoms with E-state index in [0.29, 0.717) is 42.9 Å². The lowest BCUT2D eigenvalue weighted by molar-refractivity contribution is -0.162. The Morgan fingerprint density at radius 3 is 2.38 bits per heavy atom. The van der Waals surface area contributed by atoms with Crippen LogP contribution in [0.5, 0.6) is 0 Å². The minimum atomic E-state index is -5.16. The molecule has 0 amide bonds. The van der Waals surface area contributed by atoms with Gasteiger partial charge in [-0.25, -0.2) is 4.99 Å². The van der Waals surface area contributed by atoms with Crippen LogP contribution < -0.4 is 4.90 Å². The van der Waals surface area contributed by atoms with E-state index in [-0.39, 0.29) is 17.4 Å². The van der Waals surface area contributed by atoms with E-state index in [4.69, 9.17) is 0 Å².